The number of rotatable bonds is 3. The van der Waals surface area contributed by atoms with Crippen molar-refractivity contribution < 1.29 is 19.1 Å². The van der Waals surface area contributed by atoms with Crippen molar-refractivity contribution >= 4 is 23.6 Å². The van der Waals surface area contributed by atoms with Crippen LogP contribution >= 0.6 is 0 Å². The first-order chi connectivity index (χ1) is 10.4. The number of hydrogen-bond acceptors (Lipinski definition) is 4. The van der Waals surface area contributed by atoms with Crippen LogP contribution in [0.1, 0.15) is 17.5 Å². The number of amides is 3. The van der Waals surface area contributed by atoms with Crippen LogP contribution < -0.4 is 15.5 Å². The van der Waals surface area contributed by atoms with Gasteiger partial charge in [-0.1, -0.05) is 12.1 Å². The fraction of sp³-hybridized carbons (Fsp3) is 0.400. The van der Waals surface area contributed by atoms with Gasteiger partial charge in [0, 0.05) is 25.3 Å². The van der Waals surface area contributed by atoms with Crippen molar-refractivity contribution in [3.05, 3.63) is 29.3 Å². The van der Waals surface area contributed by atoms with Gasteiger partial charge in [-0.2, -0.15) is 0 Å². The molecule has 1 heterocycles. The van der Waals surface area contributed by atoms with Crippen LogP contribution in [0.5, 0.6) is 0 Å². The second-order valence-electron chi connectivity index (χ2n) is 5.25. The number of carbonyl (C=O) groups excluding carboxylic acids is 3. The van der Waals surface area contributed by atoms with Crippen molar-refractivity contribution in [3.63, 3.8) is 0 Å². The molecule has 2 N–H and O–H groups in total. The maximum Gasteiger partial charge on any atom is 0.315 e. The maximum absolute atomic E-state index is 12.8. The summed E-state index contributed by atoms with van der Waals surface area (Å²) >= 11 is 0. The standard InChI is InChI=1S/C15H19N3O4/c1-9-5-6-10-11(7-9)18(3)13(20)15(10,8-12(19)22-4)17-14(21)16-2/h5-7H,8H2,1-4H3,(H2,16,17,21). The molecule has 0 radical (unpaired) electrons. The Hall–Kier alpha value is -2.57. The molecule has 1 atom stereocenters. The number of anilines is 1. The van der Waals surface area contributed by atoms with Crippen LogP contribution in [0, 0.1) is 6.92 Å². The number of hydrogen-bond donors (Lipinski definition) is 2. The van der Waals surface area contributed by atoms with Crippen molar-refractivity contribution in [1.82, 2.24) is 10.6 Å². The number of carbonyl (C=O) groups is 3. The van der Waals surface area contributed by atoms with Crippen LogP contribution in [-0.2, 0) is 19.9 Å². The molecule has 0 fully saturated rings. The molecular weight excluding hydrogens is 286 g/mol. The van der Waals surface area contributed by atoms with Crippen LogP contribution in [0.15, 0.2) is 18.2 Å². The number of benzene rings is 1. The molecule has 0 bridgehead atoms. The molecule has 1 aromatic rings. The first kappa shape index (κ1) is 15.8. The highest BCUT2D eigenvalue weighted by molar-refractivity contribution is 6.10. The highest BCUT2D eigenvalue weighted by atomic mass is 16.5. The zero-order valence-corrected chi connectivity index (χ0v) is 13.0. The fourth-order valence-electron chi connectivity index (χ4n) is 2.67. The number of nitrogens with one attached hydrogen (secondary N) is 2. The highest BCUT2D eigenvalue weighted by Gasteiger charge is 2.52. The predicted octanol–water partition coefficient (Wildman–Crippen LogP) is 0.659. The Balaban J connectivity index is 2.59. The Kier molecular flexibility index (Phi) is 4.07. The molecule has 3 amide bonds. The molecular formula is C15H19N3O4. The van der Waals surface area contributed by atoms with Gasteiger partial charge in [-0.05, 0) is 18.6 Å². The smallest absolute Gasteiger partial charge is 0.315 e. The van der Waals surface area contributed by atoms with Gasteiger partial charge in [0.25, 0.3) is 5.91 Å². The molecule has 0 aromatic heterocycles. The Labute approximate surface area is 128 Å². The number of methoxy groups -OCH3 is 1. The number of likely N-dealkylation sites (N-methyl/N-ethyl adjacent to an activating group) is 1. The number of esters is 1. The predicted molar refractivity (Wildman–Crippen MR) is 80.5 cm³/mol. The van der Waals surface area contributed by atoms with Crippen LogP contribution in [0.2, 0.25) is 0 Å². The van der Waals surface area contributed by atoms with E-state index in [-0.39, 0.29) is 12.3 Å². The van der Waals surface area contributed by atoms with Crippen LogP contribution in [-0.4, -0.2) is 39.1 Å². The van der Waals surface area contributed by atoms with Gasteiger partial charge in [-0.15, -0.1) is 0 Å². The molecule has 0 saturated heterocycles. The first-order valence-electron chi connectivity index (χ1n) is 6.81. The topological polar surface area (TPSA) is 87.7 Å². The molecule has 7 nitrogen and oxygen atoms in total. The molecule has 2 rings (SSSR count). The van der Waals surface area contributed by atoms with Crippen molar-refractivity contribution in [2.75, 3.05) is 26.1 Å². The van der Waals surface area contributed by atoms with E-state index in [4.69, 9.17) is 4.74 Å². The van der Waals surface area contributed by atoms with E-state index >= 15 is 0 Å². The van der Waals surface area contributed by atoms with E-state index in [1.165, 1.54) is 19.1 Å². The Morgan fingerprint density at radius 1 is 1.36 bits per heavy atom. The largest absolute Gasteiger partial charge is 0.469 e. The lowest BCUT2D eigenvalue weighted by Gasteiger charge is -2.28. The lowest BCUT2D eigenvalue weighted by molar-refractivity contribution is -0.144. The number of aryl methyl sites for hydroxylation is 1. The van der Waals surface area contributed by atoms with E-state index in [2.05, 4.69) is 10.6 Å². The maximum atomic E-state index is 12.8. The zero-order valence-electron chi connectivity index (χ0n) is 13.0. The minimum Gasteiger partial charge on any atom is -0.469 e. The van der Waals surface area contributed by atoms with Gasteiger partial charge < -0.3 is 20.3 Å². The van der Waals surface area contributed by atoms with Gasteiger partial charge in [-0.25, -0.2) is 4.79 Å². The van der Waals surface area contributed by atoms with Crippen molar-refractivity contribution in [2.24, 2.45) is 0 Å². The molecule has 0 spiro atoms. The summed E-state index contributed by atoms with van der Waals surface area (Å²) in [6.07, 6.45) is -0.268. The number of ether oxygens (including phenoxy) is 1. The molecule has 22 heavy (non-hydrogen) atoms. The number of nitrogens with zero attached hydrogens (tertiary/aromatic N) is 1. The van der Waals surface area contributed by atoms with Gasteiger partial charge in [0.05, 0.1) is 13.5 Å². The van der Waals surface area contributed by atoms with E-state index in [9.17, 15) is 14.4 Å². The normalized spacial score (nSPS) is 19.6. The van der Waals surface area contributed by atoms with Crippen LogP contribution in [0.4, 0.5) is 10.5 Å². The van der Waals surface area contributed by atoms with E-state index in [1.54, 1.807) is 13.1 Å². The summed E-state index contributed by atoms with van der Waals surface area (Å²) in [6.45, 7) is 1.91. The first-order valence-corrected chi connectivity index (χ1v) is 6.81. The third-order valence-electron chi connectivity index (χ3n) is 3.84. The summed E-state index contributed by atoms with van der Waals surface area (Å²) in [5.41, 5.74) is 0.780. The minimum absolute atomic E-state index is 0.268. The average molecular weight is 305 g/mol. The fourth-order valence-corrected chi connectivity index (χ4v) is 2.67. The summed E-state index contributed by atoms with van der Waals surface area (Å²) < 4.78 is 4.69. The van der Waals surface area contributed by atoms with Crippen LogP contribution in [0.3, 0.4) is 0 Å². The third-order valence-corrected chi connectivity index (χ3v) is 3.84. The van der Waals surface area contributed by atoms with Gasteiger partial charge in [0.2, 0.25) is 0 Å². The molecule has 1 unspecified atom stereocenters. The lowest BCUT2D eigenvalue weighted by Crippen LogP contribution is -2.55. The van der Waals surface area contributed by atoms with Gasteiger partial charge >= 0.3 is 12.0 Å². The highest BCUT2D eigenvalue weighted by Crippen LogP contribution is 2.42. The lowest BCUT2D eigenvalue weighted by atomic mass is 9.87. The van der Waals surface area contributed by atoms with E-state index < -0.39 is 17.5 Å². The quantitative estimate of drug-likeness (QED) is 0.803. The molecule has 0 saturated carbocycles. The molecule has 118 valence electrons. The van der Waals surface area contributed by atoms with Gasteiger partial charge in [0.1, 0.15) is 0 Å². The summed E-state index contributed by atoms with van der Waals surface area (Å²) in [5, 5.41) is 5.03. The van der Waals surface area contributed by atoms with Crippen LogP contribution in [0.25, 0.3) is 0 Å². The summed E-state index contributed by atoms with van der Waals surface area (Å²) in [7, 11) is 4.31. The minimum atomic E-state index is -1.45. The number of fused-ring (bicyclic) bond motifs is 1. The number of urea groups is 1. The second-order valence-corrected chi connectivity index (χ2v) is 5.25. The van der Waals surface area contributed by atoms with E-state index in [1.807, 2.05) is 19.1 Å². The van der Waals surface area contributed by atoms with E-state index in [0.717, 1.165) is 5.56 Å². The summed E-state index contributed by atoms with van der Waals surface area (Å²) in [5.74, 6) is -0.950. The Morgan fingerprint density at radius 2 is 2.05 bits per heavy atom. The third kappa shape index (κ3) is 2.38. The van der Waals surface area contributed by atoms with Gasteiger partial charge in [-0.3, -0.25) is 9.59 Å². The monoisotopic (exact) mass is 305 g/mol. The summed E-state index contributed by atoms with van der Waals surface area (Å²) in [4.78, 5) is 37.9. The SMILES string of the molecule is CNC(=O)NC1(CC(=O)OC)C(=O)N(C)c2cc(C)ccc21. The Morgan fingerprint density at radius 3 is 2.64 bits per heavy atom. The average Bonchev–Trinajstić information content (AvgIpc) is 2.69. The zero-order chi connectivity index (χ0) is 16.5. The van der Waals surface area contributed by atoms with E-state index in [0.29, 0.717) is 11.3 Å². The molecule has 1 aliphatic heterocycles. The summed E-state index contributed by atoms with van der Waals surface area (Å²) in [6, 6.07) is 4.89. The molecule has 1 aromatic carbocycles. The van der Waals surface area contributed by atoms with Crippen molar-refractivity contribution in [2.45, 2.75) is 18.9 Å². The molecule has 0 aliphatic carbocycles. The second kappa shape index (κ2) is 5.67. The Bertz CT molecular complexity index is 624. The molecule has 1 aliphatic rings. The molecule has 7 heteroatoms. The van der Waals surface area contributed by atoms with Gasteiger partial charge in [0.15, 0.2) is 5.54 Å². The van der Waals surface area contributed by atoms with Crippen molar-refractivity contribution in [3.8, 4) is 0 Å². The van der Waals surface area contributed by atoms with Crippen molar-refractivity contribution in [1.29, 1.82) is 0 Å².